The number of anilines is 2. The fourth-order valence-electron chi connectivity index (χ4n) is 2.63. The number of benzene rings is 1. The molecule has 3 N–H and O–H groups in total. The summed E-state index contributed by atoms with van der Waals surface area (Å²) in [5.41, 5.74) is 8.48. The molecule has 1 fully saturated rings. The van der Waals surface area contributed by atoms with Crippen molar-refractivity contribution in [2.75, 3.05) is 30.8 Å². The van der Waals surface area contributed by atoms with E-state index in [1.54, 1.807) is 7.05 Å². The Kier molecular flexibility index (Phi) is 4.46. The number of carbonyl (C=O) groups is 1. The van der Waals surface area contributed by atoms with E-state index in [2.05, 4.69) is 16.3 Å². The van der Waals surface area contributed by atoms with Crippen molar-refractivity contribution in [3.8, 4) is 6.07 Å². The molecule has 20 heavy (non-hydrogen) atoms. The predicted molar refractivity (Wildman–Crippen MR) is 79.2 cm³/mol. The number of nitrogens with zero attached hydrogens (tertiary/aromatic N) is 2. The molecular weight excluding hydrogens is 252 g/mol. The molecule has 0 bridgehead atoms. The largest absolute Gasteiger partial charge is 0.398 e. The Morgan fingerprint density at radius 2 is 2.20 bits per heavy atom. The van der Waals surface area contributed by atoms with Gasteiger partial charge in [0.05, 0.1) is 12.5 Å². The molecule has 0 saturated carbocycles. The fourth-order valence-corrected chi connectivity index (χ4v) is 2.63. The maximum Gasteiger partial charge on any atom is 0.222 e. The summed E-state index contributed by atoms with van der Waals surface area (Å²) in [7, 11) is 1.68. The van der Waals surface area contributed by atoms with Gasteiger partial charge in [-0.2, -0.15) is 5.26 Å². The molecule has 2 rings (SSSR count). The Morgan fingerprint density at radius 1 is 1.50 bits per heavy atom. The van der Waals surface area contributed by atoms with Crippen LogP contribution < -0.4 is 16.0 Å². The first-order valence-corrected chi connectivity index (χ1v) is 6.87. The Balaban J connectivity index is 2.05. The first-order valence-electron chi connectivity index (χ1n) is 6.87. The van der Waals surface area contributed by atoms with Gasteiger partial charge in [0.25, 0.3) is 0 Å². The molecule has 0 atom stereocenters. The van der Waals surface area contributed by atoms with Crippen molar-refractivity contribution in [2.24, 2.45) is 5.92 Å². The van der Waals surface area contributed by atoms with E-state index in [0.29, 0.717) is 12.1 Å². The summed E-state index contributed by atoms with van der Waals surface area (Å²) in [4.78, 5) is 13.9. The van der Waals surface area contributed by atoms with E-state index < -0.39 is 0 Å². The lowest BCUT2D eigenvalue weighted by atomic mass is 9.95. The summed E-state index contributed by atoms with van der Waals surface area (Å²) < 4.78 is 0. The van der Waals surface area contributed by atoms with E-state index in [0.717, 1.165) is 37.2 Å². The third kappa shape index (κ3) is 3.02. The number of nitrogens with one attached hydrogen (secondary N) is 1. The molecule has 0 aliphatic carbocycles. The lowest BCUT2D eigenvalue weighted by Gasteiger charge is -2.33. The minimum Gasteiger partial charge on any atom is -0.398 e. The molecule has 106 valence electrons. The van der Waals surface area contributed by atoms with Crippen molar-refractivity contribution in [1.82, 2.24) is 5.32 Å². The highest BCUT2D eigenvalue weighted by Gasteiger charge is 2.24. The Bertz CT molecular complexity index is 527. The number of hydrogen-bond donors (Lipinski definition) is 2. The van der Waals surface area contributed by atoms with Gasteiger partial charge >= 0.3 is 0 Å². The highest BCUT2D eigenvalue weighted by Crippen LogP contribution is 2.26. The van der Waals surface area contributed by atoms with Crippen LogP contribution in [0.15, 0.2) is 18.2 Å². The molecule has 1 aliphatic heterocycles. The quantitative estimate of drug-likeness (QED) is 0.812. The molecule has 0 aromatic heterocycles. The number of nitrogens with two attached hydrogens (primary N) is 1. The predicted octanol–water partition coefficient (Wildman–Crippen LogP) is 1.30. The number of amides is 1. The topological polar surface area (TPSA) is 82.2 Å². The lowest BCUT2D eigenvalue weighted by molar-refractivity contribution is -0.125. The van der Waals surface area contributed by atoms with Crippen LogP contribution >= 0.6 is 0 Å². The van der Waals surface area contributed by atoms with Gasteiger partial charge in [-0.25, -0.2) is 0 Å². The van der Waals surface area contributed by atoms with Crippen molar-refractivity contribution in [1.29, 1.82) is 5.26 Å². The van der Waals surface area contributed by atoms with Gasteiger partial charge in [-0.1, -0.05) is 0 Å². The number of carbonyl (C=O) groups excluding carboxylic acids is 1. The number of nitriles is 1. The van der Waals surface area contributed by atoms with Crippen LogP contribution in [0.25, 0.3) is 0 Å². The maximum atomic E-state index is 11.6. The van der Waals surface area contributed by atoms with E-state index in [1.165, 1.54) is 0 Å². The standard InChI is InChI=1S/C15H20N4O/c1-18-15(20)11-5-8-19(9-6-11)13-2-3-14(17)12(10-13)4-7-16/h2-3,10-11H,4-6,8-9,17H2,1H3,(H,18,20). The van der Waals surface area contributed by atoms with Gasteiger partial charge in [0.15, 0.2) is 0 Å². The van der Waals surface area contributed by atoms with E-state index in [9.17, 15) is 4.79 Å². The molecule has 5 heteroatoms. The van der Waals surface area contributed by atoms with Gasteiger partial charge in [-0.15, -0.1) is 0 Å². The minimum absolute atomic E-state index is 0.114. The SMILES string of the molecule is CNC(=O)C1CCN(c2ccc(N)c(CC#N)c2)CC1. The first kappa shape index (κ1) is 14.2. The Labute approximate surface area is 119 Å². The normalized spacial score (nSPS) is 15.7. The summed E-state index contributed by atoms with van der Waals surface area (Å²) in [6, 6.07) is 7.95. The summed E-state index contributed by atoms with van der Waals surface area (Å²) in [6.45, 7) is 1.71. The van der Waals surface area contributed by atoms with Crippen LogP contribution in [0.4, 0.5) is 11.4 Å². The first-order chi connectivity index (χ1) is 9.65. The van der Waals surface area contributed by atoms with Crippen molar-refractivity contribution >= 4 is 17.3 Å². The third-order valence-electron chi connectivity index (χ3n) is 3.87. The van der Waals surface area contributed by atoms with Crippen LogP contribution in [-0.2, 0) is 11.2 Å². The van der Waals surface area contributed by atoms with Gasteiger partial charge in [0, 0.05) is 37.4 Å². The van der Waals surface area contributed by atoms with E-state index in [-0.39, 0.29) is 11.8 Å². The number of piperidine rings is 1. The van der Waals surface area contributed by atoms with Crippen molar-refractivity contribution < 1.29 is 4.79 Å². The molecule has 1 aliphatic rings. The van der Waals surface area contributed by atoms with E-state index in [1.807, 2.05) is 18.2 Å². The van der Waals surface area contributed by atoms with Crippen LogP contribution in [0, 0.1) is 17.2 Å². The summed E-state index contributed by atoms with van der Waals surface area (Å²) >= 11 is 0. The molecule has 5 nitrogen and oxygen atoms in total. The molecule has 0 radical (unpaired) electrons. The summed E-state index contributed by atoms with van der Waals surface area (Å²) in [6.07, 6.45) is 2.05. The van der Waals surface area contributed by atoms with E-state index in [4.69, 9.17) is 11.0 Å². The zero-order valence-electron chi connectivity index (χ0n) is 11.7. The summed E-state index contributed by atoms with van der Waals surface area (Å²) in [5.74, 6) is 0.246. The van der Waals surface area contributed by atoms with Gasteiger partial charge in [0.1, 0.15) is 0 Å². The van der Waals surface area contributed by atoms with Crippen molar-refractivity contribution in [3.63, 3.8) is 0 Å². The molecule has 1 saturated heterocycles. The van der Waals surface area contributed by atoms with Crippen LogP contribution in [0.1, 0.15) is 18.4 Å². The number of hydrogen-bond acceptors (Lipinski definition) is 4. The summed E-state index contributed by atoms with van der Waals surface area (Å²) in [5, 5.41) is 11.5. The molecule has 1 amide bonds. The maximum absolute atomic E-state index is 11.6. The number of nitrogen functional groups attached to an aromatic ring is 1. The van der Waals surface area contributed by atoms with Crippen LogP contribution in [0.5, 0.6) is 0 Å². The van der Waals surface area contributed by atoms with E-state index >= 15 is 0 Å². The van der Waals surface area contributed by atoms with Crippen molar-refractivity contribution in [3.05, 3.63) is 23.8 Å². The van der Waals surface area contributed by atoms with Crippen LogP contribution in [0.3, 0.4) is 0 Å². The third-order valence-corrected chi connectivity index (χ3v) is 3.87. The highest BCUT2D eigenvalue weighted by molar-refractivity contribution is 5.78. The second-order valence-corrected chi connectivity index (χ2v) is 5.09. The Hall–Kier alpha value is -2.22. The van der Waals surface area contributed by atoms with Gasteiger partial charge in [0.2, 0.25) is 5.91 Å². The fraction of sp³-hybridized carbons (Fsp3) is 0.467. The zero-order valence-corrected chi connectivity index (χ0v) is 11.7. The molecular formula is C15H20N4O. The smallest absolute Gasteiger partial charge is 0.222 e. The second kappa shape index (κ2) is 6.29. The highest BCUT2D eigenvalue weighted by atomic mass is 16.1. The van der Waals surface area contributed by atoms with Gasteiger partial charge in [-0.05, 0) is 36.6 Å². The molecule has 0 unspecified atom stereocenters. The van der Waals surface area contributed by atoms with Crippen LogP contribution in [-0.4, -0.2) is 26.0 Å². The van der Waals surface area contributed by atoms with Crippen LogP contribution in [0.2, 0.25) is 0 Å². The van der Waals surface area contributed by atoms with Gasteiger partial charge in [-0.3, -0.25) is 4.79 Å². The van der Waals surface area contributed by atoms with Crippen molar-refractivity contribution in [2.45, 2.75) is 19.3 Å². The second-order valence-electron chi connectivity index (χ2n) is 5.09. The average Bonchev–Trinajstić information content (AvgIpc) is 2.49. The average molecular weight is 272 g/mol. The zero-order chi connectivity index (χ0) is 14.5. The Morgan fingerprint density at radius 3 is 2.80 bits per heavy atom. The minimum atomic E-state index is 0.114. The molecule has 1 aromatic rings. The number of rotatable bonds is 3. The van der Waals surface area contributed by atoms with Gasteiger partial charge < -0.3 is 16.0 Å². The molecule has 1 aromatic carbocycles. The lowest BCUT2D eigenvalue weighted by Crippen LogP contribution is -2.39. The molecule has 0 spiro atoms. The monoisotopic (exact) mass is 272 g/mol. The molecule has 1 heterocycles.